The Morgan fingerprint density at radius 3 is 2.62 bits per heavy atom. The first-order valence-electron chi connectivity index (χ1n) is 10.1. The van der Waals surface area contributed by atoms with Crippen LogP contribution >= 0.6 is 0 Å². The number of carbonyl (C=O) groups is 1. The van der Waals surface area contributed by atoms with Crippen LogP contribution in [0.3, 0.4) is 0 Å². The van der Waals surface area contributed by atoms with Gasteiger partial charge in [-0.15, -0.1) is 0 Å². The van der Waals surface area contributed by atoms with E-state index in [0.29, 0.717) is 12.1 Å². The minimum atomic E-state index is 0.227. The molecule has 0 aromatic rings. The van der Waals surface area contributed by atoms with E-state index in [0.717, 1.165) is 44.9 Å². The first-order chi connectivity index (χ1) is 11.7. The summed E-state index contributed by atoms with van der Waals surface area (Å²) in [6.07, 6.45) is 10.8. The van der Waals surface area contributed by atoms with E-state index in [-0.39, 0.29) is 6.03 Å². The summed E-state index contributed by atoms with van der Waals surface area (Å²) in [4.78, 5) is 19.3. The third-order valence-electron chi connectivity index (χ3n) is 6.53. The molecule has 2 atom stereocenters. The summed E-state index contributed by atoms with van der Waals surface area (Å²) in [5, 5.41) is 3.29. The fourth-order valence-electron chi connectivity index (χ4n) is 4.78. The Hall–Kier alpha value is -0.810. The predicted molar refractivity (Wildman–Crippen MR) is 98.2 cm³/mol. The van der Waals surface area contributed by atoms with E-state index in [2.05, 4.69) is 10.2 Å². The molecule has 0 aromatic carbocycles. The average Bonchev–Trinajstić information content (AvgIpc) is 3.34. The van der Waals surface area contributed by atoms with Gasteiger partial charge in [-0.2, -0.15) is 0 Å². The summed E-state index contributed by atoms with van der Waals surface area (Å²) >= 11 is 0. The van der Waals surface area contributed by atoms with Crippen LogP contribution in [0.5, 0.6) is 0 Å². The summed E-state index contributed by atoms with van der Waals surface area (Å²) in [5.74, 6) is 1.00. The molecule has 0 radical (unpaired) electrons. The third-order valence-corrected chi connectivity index (χ3v) is 6.53. The van der Waals surface area contributed by atoms with Crippen molar-refractivity contribution in [1.29, 1.82) is 0 Å². The molecule has 5 heteroatoms. The van der Waals surface area contributed by atoms with Gasteiger partial charge in [0.1, 0.15) is 0 Å². The van der Waals surface area contributed by atoms with E-state index >= 15 is 0 Å². The smallest absolute Gasteiger partial charge is 0.320 e. The van der Waals surface area contributed by atoms with E-state index < -0.39 is 0 Å². The zero-order chi connectivity index (χ0) is 16.9. The minimum absolute atomic E-state index is 0.227. The van der Waals surface area contributed by atoms with Crippen molar-refractivity contribution in [2.75, 3.05) is 46.8 Å². The molecule has 3 aliphatic rings. The fourth-order valence-corrected chi connectivity index (χ4v) is 4.78. The number of hydrogen-bond donors (Lipinski definition) is 1. The number of likely N-dealkylation sites (N-methyl/N-ethyl adjacent to an activating group) is 2. The molecule has 24 heavy (non-hydrogen) atoms. The van der Waals surface area contributed by atoms with Gasteiger partial charge in [-0.25, -0.2) is 4.79 Å². The van der Waals surface area contributed by atoms with Gasteiger partial charge in [-0.1, -0.05) is 25.7 Å². The Bertz CT molecular complexity index is 410. The van der Waals surface area contributed by atoms with Crippen LogP contribution in [0.4, 0.5) is 4.79 Å². The second kappa shape index (κ2) is 8.52. The zero-order valence-corrected chi connectivity index (χ0v) is 15.7. The van der Waals surface area contributed by atoms with Gasteiger partial charge in [0.2, 0.25) is 0 Å². The van der Waals surface area contributed by atoms with Crippen molar-refractivity contribution in [3.63, 3.8) is 0 Å². The number of nitrogens with zero attached hydrogens (tertiary/aromatic N) is 3. The van der Waals surface area contributed by atoms with Crippen LogP contribution in [-0.4, -0.2) is 79.6 Å². The number of hydrogen-bond acceptors (Lipinski definition) is 3. The van der Waals surface area contributed by atoms with Gasteiger partial charge < -0.3 is 20.0 Å². The zero-order valence-electron chi connectivity index (χ0n) is 15.7. The number of urea groups is 1. The molecule has 0 bridgehead atoms. The lowest BCUT2D eigenvalue weighted by Crippen LogP contribution is -2.47. The van der Waals surface area contributed by atoms with Gasteiger partial charge in [0.25, 0.3) is 0 Å². The maximum atomic E-state index is 12.7. The fraction of sp³-hybridized carbons (Fsp3) is 0.947. The molecule has 2 saturated heterocycles. The van der Waals surface area contributed by atoms with E-state index in [1.807, 2.05) is 23.9 Å². The molecule has 0 unspecified atom stereocenters. The first kappa shape index (κ1) is 18.0. The monoisotopic (exact) mass is 336 g/mol. The van der Waals surface area contributed by atoms with Crippen LogP contribution in [0.2, 0.25) is 0 Å². The molecular weight excluding hydrogens is 300 g/mol. The predicted octanol–water partition coefficient (Wildman–Crippen LogP) is 2.38. The number of carbonyl (C=O) groups excluding carboxylic acids is 1. The van der Waals surface area contributed by atoms with Crippen LogP contribution in [0.1, 0.15) is 51.4 Å². The van der Waals surface area contributed by atoms with Gasteiger partial charge in [0, 0.05) is 45.3 Å². The quantitative estimate of drug-likeness (QED) is 0.809. The van der Waals surface area contributed by atoms with Gasteiger partial charge in [-0.05, 0) is 45.2 Å². The van der Waals surface area contributed by atoms with Crippen molar-refractivity contribution in [3.8, 4) is 0 Å². The Morgan fingerprint density at radius 2 is 1.92 bits per heavy atom. The van der Waals surface area contributed by atoms with Crippen molar-refractivity contribution >= 4 is 6.03 Å². The second-order valence-corrected chi connectivity index (χ2v) is 8.15. The highest BCUT2D eigenvalue weighted by molar-refractivity contribution is 5.75. The topological polar surface area (TPSA) is 38.8 Å². The number of nitrogens with one attached hydrogen (secondary N) is 1. The number of amides is 2. The van der Waals surface area contributed by atoms with Crippen molar-refractivity contribution < 1.29 is 4.79 Å². The summed E-state index contributed by atoms with van der Waals surface area (Å²) in [5.41, 5.74) is 0. The number of rotatable bonds is 6. The Labute approximate surface area is 147 Å². The first-order valence-corrected chi connectivity index (χ1v) is 10.1. The molecule has 5 nitrogen and oxygen atoms in total. The lowest BCUT2D eigenvalue weighted by molar-refractivity contribution is 0.154. The van der Waals surface area contributed by atoms with E-state index in [1.54, 1.807) is 0 Å². The van der Waals surface area contributed by atoms with Gasteiger partial charge in [0.05, 0.1) is 0 Å². The number of likely N-dealkylation sites (tertiary alicyclic amines) is 2. The molecule has 2 heterocycles. The summed E-state index contributed by atoms with van der Waals surface area (Å²) in [6, 6.07) is 1.10. The molecule has 0 aromatic heterocycles. The lowest BCUT2D eigenvalue weighted by atomic mass is 10.0. The van der Waals surface area contributed by atoms with E-state index in [4.69, 9.17) is 0 Å². The van der Waals surface area contributed by atoms with Crippen LogP contribution in [0.15, 0.2) is 0 Å². The van der Waals surface area contributed by atoms with E-state index in [1.165, 1.54) is 45.1 Å². The summed E-state index contributed by atoms with van der Waals surface area (Å²) in [6.45, 7) is 5.20. The third kappa shape index (κ3) is 4.42. The molecular formula is C19H36N4O. The van der Waals surface area contributed by atoms with Gasteiger partial charge in [0.15, 0.2) is 0 Å². The van der Waals surface area contributed by atoms with Gasteiger partial charge in [-0.3, -0.25) is 0 Å². The van der Waals surface area contributed by atoms with E-state index in [9.17, 15) is 4.79 Å². The van der Waals surface area contributed by atoms with Gasteiger partial charge >= 0.3 is 6.03 Å². The maximum Gasteiger partial charge on any atom is 0.320 e. The second-order valence-electron chi connectivity index (χ2n) is 8.15. The minimum Gasteiger partial charge on any atom is -0.323 e. The molecule has 3 rings (SSSR count). The molecule has 2 aliphatic heterocycles. The molecule has 3 fully saturated rings. The Balaban J connectivity index is 1.37. The van der Waals surface area contributed by atoms with Crippen LogP contribution in [0, 0.1) is 5.92 Å². The van der Waals surface area contributed by atoms with Crippen LogP contribution < -0.4 is 5.32 Å². The van der Waals surface area contributed by atoms with Crippen molar-refractivity contribution in [3.05, 3.63) is 0 Å². The highest BCUT2D eigenvalue weighted by Crippen LogP contribution is 2.29. The Kier molecular flexibility index (Phi) is 6.39. The molecule has 0 spiro atoms. The van der Waals surface area contributed by atoms with Crippen molar-refractivity contribution in [2.45, 2.75) is 63.5 Å². The van der Waals surface area contributed by atoms with Crippen molar-refractivity contribution in [2.24, 2.45) is 5.92 Å². The molecule has 1 aliphatic carbocycles. The molecule has 138 valence electrons. The largest absolute Gasteiger partial charge is 0.323 e. The molecule has 1 N–H and O–H groups in total. The molecule has 2 amide bonds. The lowest BCUT2D eigenvalue weighted by Gasteiger charge is -2.29. The highest BCUT2D eigenvalue weighted by Gasteiger charge is 2.33. The standard InChI is InChI=1S/C19H36N4O/c1-20-17-9-13-23(14-17)19(24)21(2)18-10-12-22(15-18)11-5-8-16-6-3-4-7-16/h16-18,20H,3-15H2,1-2H3/t17-,18+/m0/s1. The molecule has 1 saturated carbocycles. The normalized spacial score (nSPS) is 28.8. The van der Waals surface area contributed by atoms with Crippen molar-refractivity contribution in [1.82, 2.24) is 20.0 Å². The Morgan fingerprint density at radius 1 is 1.12 bits per heavy atom. The van der Waals surface area contributed by atoms with Crippen LogP contribution in [-0.2, 0) is 0 Å². The summed E-state index contributed by atoms with van der Waals surface area (Å²) in [7, 11) is 3.99. The average molecular weight is 337 g/mol. The summed E-state index contributed by atoms with van der Waals surface area (Å²) < 4.78 is 0. The SMILES string of the molecule is CN[C@H]1CCN(C(=O)N(C)[C@@H]2CCN(CCCC3CCCC3)C2)C1. The van der Waals surface area contributed by atoms with Crippen LogP contribution in [0.25, 0.3) is 0 Å². The maximum absolute atomic E-state index is 12.7. The highest BCUT2D eigenvalue weighted by atomic mass is 16.2.